The second-order valence-electron chi connectivity index (χ2n) is 6.04. The number of hydrogen-bond acceptors (Lipinski definition) is 5. The van der Waals surface area contributed by atoms with Gasteiger partial charge in [0, 0.05) is 6.07 Å². The Balaban J connectivity index is 2.14. The Morgan fingerprint density at radius 1 is 1.19 bits per heavy atom. The van der Waals surface area contributed by atoms with E-state index in [-0.39, 0.29) is 17.9 Å². The van der Waals surface area contributed by atoms with Gasteiger partial charge < -0.3 is 13.9 Å². The van der Waals surface area contributed by atoms with Gasteiger partial charge in [0.2, 0.25) is 5.43 Å². The molecule has 0 fully saturated rings. The molecule has 0 spiro atoms. The van der Waals surface area contributed by atoms with Crippen LogP contribution in [0.3, 0.4) is 0 Å². The minimum absolute atomic E-state index is 0.199. The second kappa shape index (κ2) is 7.61. The maximum atomic E-state index is 13.2. The molecule has 0 saturated heterocycles. The molecule has 0 unspecified atom stereocenters. The number of aryl methyl sites for hydroxylation is 2. The average Bonchev–Trinajstić information content (AvgIpc) is 2.66. The number of halogens is 1. The molecule has 140 valence electrons. The highest BCUT2D eigenvalue weighted by atomic mass is 19.1. The fourth-order valence-electron chi connectivity index (χ4n) is 2.94. The predicted octanol–water partition coefficient (Wildman–Crippen LogP) is 4.02. The zero-order chi connectivity index (χ0) is 19.6. The molecule has 0 aliphatic rings. The molecule has 1 aromatic heterocycles. The van der Waals surface area contributed by atoms with E-state index >= 15 is 0 Å². The predicted molar refractivity (Wildman–Crippen MR) is 99.5 cm³/mol. The monoisotopic (exact) mass is 370 g/mol. The van der Waals surface area contributed by atoms with E-state index in [1.54, 1.807) is 31.2 Å². The van der Waals surface area contributed by atoms with E-state index in [0.29, 0.717) is 40.0 Å². The van der Waals surface area contributed by atoms with E-state index in [1.165, 1.54) is 19.2 Å². The fraction of sp³-hybridized carbons (Fsp3) is 0.238. The van der Waals surface area contributed by atoms with Crippen LogP contribution in [0, 0.1) is 12.7 Å². The number of rotatable bonds is 5. The first-order valence-corrected chi connectivity index (χ1v) is 8.50. The molecule has 3 aromatic rings. The van der Waals surface area contributed by atoms with Gasteiger partial charge in [-0.15, -0.1) is 0 Å². The van der Waals surface area contributed by atoms with Crippen molar-refractivity contribution < 1.29 is 23.1 Å². The number of benzene rings is 2. The minimum Gasteiger partial charge on any atom is -0.481 e. The van der Waals surface area contributed by atoms with Crippen LogP contribution in [0.2, 0.25) is 0 Å². The zero-order valence-corrected chi connectivity index (χ0v) is 15.3. The first-order chi connectivity index (χ1) is 12.9. The smallest absolute Gasteiger partial charge is 0.343 e. The number of hydrogen-bond donors (Lipinski definition) is 0. The van der Waals surface area contributed by atoms with E-state index in [2.05, 4.69) is 4.74 Å². The van der Waals surface area contributed by atoms with Gasteiger partial charge >= 0.3 is 5.97 Å². The van der Waals surface area contributed by atoms with Crippen molar-refractivity contribution in [3.8, 4) is 16.9 Å². The Bertz CT molecular complexity index is 1050. The summed E-state index contributed by atoms with van der Waals surface area (Å²) in [5.41, 5.74) is 1.92. The molecule has 0 bridgehead atoms. The third-order valence-electron chi connectivity index (χ3n) is 4.34. The summed E-state index contributed by atoms with van der Waals surface area (Å²) < 4.78 is 29.1. The maximum Gasteiger partial charge on any atom is 0.343 e. The van der Waals surface area contributed by atoms with Crippen molar-refractivity contribution in [2.24, 2.45) is 0 Å². The normalized spacial score (nSPS) is 10.8. The molecule has 6 heteroatoms. The number of fused-ring (bicyclic) bond motifs is 1. The van der Waals surface area contributed by atoms with Crippen molar-refractivity contribution in [2.75, 3.05) is 13.7 Å². The lowest BCUT2D eigenvalue weighted by Crippen LogP contribution is -2.14. The van der Waals surface area contributed by atoms with Crippen molar-refractivity contribution >= 4 is 16.9 Å². The summed E-state index contributed by atoms with van der Waals surface area (Å²) in [7, 11) is 1.28. The van der Waals surface area contributed by atoms with Gasteiger partial charge in [-0.3, -0.25) is 4.79 Å². The molecule has 3 rings (SSSR count). The van der Waals surface area contributed by atoms with Gasteiger partial charge in [-0.2, -0.15) is 0 Å². The van der Waals surface area contributed by atoms with Crippen LogP contribution >= 0.6 is 0 Å². The van der Waals surface area contributed by atoms with Gasteiger partial charge in [0.15, 0.2) is 6.61 Å². The van der Waals surface area contributed by atoms with E-state index in [4.69, 9.17) is 9.15 Å². The van der Waals surface area contributed by atoms with Crippen LogP contribution in [-0.4, -0.2) is 19.7 Å². The van der Waals surface area contributed by atoms with Crippen LogP contribution in [0.25, 0.3) is 22.1 Å². The first-order valence-electron chi connectivity index (χ1n) is 8.50. The molecule has 1 heterocycles. The quantitative estimate of drug-likeness (QED) is 0.635. The number of carbonyl (C=O) groups excluding carboxylic acids is 1. The molecule has 2 aromatic carbocycles. The SMILES string of the molecule is CCc1cc2c(=O)c(-c3ccc(F)cc3)c(C)oc2cc1OCC(=O)OC. The Kier molecular flexibility index (Phi) is 5.26. The number of methoxy groups -OCH3 is 1. The van der Waals surface area contributed by atoms with Crippen molar-refractivity contribution in [1.29, 1.82) is 0 Å². The van der Waals surface area contributed by atoms with Crippen molar-refractivity contribution in [3.63, 3.8) is 0 Å². The van der Waals surface area contributed by atoms with Crippen LogP contribution < -0.4 is 10.2 Å². The van der Waals surface area contributed by atoms with Crippen LogP contribution in [-0.2, 0) is 16.0 Å². The Hall–Kier alpha value is -3.15. The molecule has 0 amide bonds. The van der Waals surface area contributed by atoms with Crippen molar-refractivity contribution in [1.82, 2.24) is 0 Å². The highest BCUT2D eigenvalue weighted by molar-refractivity contribution is 5.85. The summed E-state index contributed by atoms with van der Waals surface area (Å²) in [6.07, 6.45) is 0.603. The largest absolute Gasteiger partial charge is 0.481 e. The third-order valence-corrected chi connectivity index (χ3v) is 4.34. The second-order valence-corrected chi connectivity index (χ2v) is 6.04. The summed E-state index contributed by atoms with van der Waals surface area (Å²) >= 11 is 0. The molecule has 27 heavy (non-hydrogen) atoms. The van der Waals surface area contributed by atoms with Crippen molar-refractivity contribution in [3.05, 3.63) is 63.8 Å². The Morgan fingerprint density at radius 3 is 2.52 bits per heavy atom. The van der Waals surface area contributed by atoms with Crippen LogP contribution in [0.4, 0.5) is 4.39 Å². The molecule has 0 radical (unpaired) electrons. The summed E-state index contributed by atoms with van der Waals surface area (Å²) in [6, 6.07) is 9.03. The van der Waals surface area contributed by atoms with Gasteiger partial charge in [-0.25, -0.2) is 9.18 Å². The van der Waals surface area contributed by atoms with Gasteiger partial charge in [-0.05, 0) is 42.7 Å². The molecule has 0 aliphatic carbocycles. The van der Waals surface area contributed by atoms with E-state index < -0.39 is 5.97 Å². The lowest BCUT2D eigenvalue weighted by molar-refractivity contribution is -0.142. The Labute approximate surface area is 155 Å². The van der Waals surface area contributed by atoms with E-state index in [9.17, 15) is 14.0 Å². The summed E-state index contributed by atoms with van der Waals surface area (Å²) in [5.74, 6) is 0.0124. The first kappa shape index (κ1) is 18.6. The van der Waals surface area contributed by atoms with Crippen LogP contribution in [0.5, 0.6) is 5.75 Å². The van der Waals surface area contributed by atoms with Gasteiger partial charge in [-0.1, -0.05) is 19.1 Å². The Morgan fingerprint density at radius 2 is 1.89 bits per heavy atom. The van der Waals surface area contributed by atoms with Crippen LogP contribution in [0.15, 0.2) is 45.6 Å². The number of ether oxygens (including phenoxy) is 2. The highest BCUT2D eigenvalue weighted by Gasteiger charge is 2.17. The summed E-state index contributed by atoms with van der Waals surface area (Å²) in [5, 5.41) is 0.405. The van der Waals surface area contributed by atoms with Gasteiger partial charge in [0.05, 0.1) is 18.1 Å². The summed E-state index contributed by atoms with van der Waals surface area (Å²) in [6.45, 7) is 3.37. The fourth-order valence-corrected chi connectivity index (χ4v) is 2.94. The van der Waals surface area contributed by atoms with Gasteiger partial charge in [0.1, 0.15) is 22.9 Å². The van der Waals surface area contributed by atoms with Gasteiger partial charge in [0.25, 0.3) is 0 Å². The van der Waals surface area contributed by atoms with E-state index in [1.807, 2.05) is 6.92 Å². The average molecular weight is 370 g/mol. The number of carbonyl (C=O) groups is 1. The zero-order valence-electron chi connectivity index (χ0n) is 15.3. The van der Waals surface area contributed by atoms with E-state index in [0.717, 1.165) is 5.56 Å². The minimum atomic E-state index is -0.499. The number of esters is 1. The molecule has 0 atom stereocenters. The third kappa shape index (κ3) is 3.69. The lowest BCUT2D eigenvalue weighted by Gasteiger charge is -2.12. The molecule has 5 nitrogen and oxygen atoms in total. The topological polar surface area (TPSA) is 65.7 Å². The molecule has 0 saturated carbocycles. The van der Waals surface area contributed by atoms with Crippen molar-refractivity contribution in [2.45, 2.75) is 20.3 Å². The van der Waals surface area contributed by atoms with Crippen LogP contribution in [0.1, 0.15) is 18.2 Å². The summed E-state index contributed by atoms with van der Waals surface area (Å²) in [4.78, 5) is 24.4. The molecular formula is C21H19FO5. The highest BCUT2D eigenvalue weighted by Crippen LogP contribution is 2.29. The molecule has 0 aliphatic heterocycles. The molecule has 0 N–H and O–H groups in total. The standard InChI is InChI=1S/C21H19FO5/c1-4-13-9-16-18(10-17(13)26-11-19(23)25-3)27-12(2)20(21(16)24)14-5-7-15(22)8-6-14/h5-10H,4,11H2,1-3H3. The lowest BCUT2D eigenvalue weighted by atomic mass is 10.0. The maximum absolute atomic E-state index is 13.2. The molecular weight excluding hydrogens is 351 g/mol.